The maximum atomic E-state index is 4.07. The second-order valence-electron chi connectivity index (χ2n) is 5.37. The molecule has 0 saturated heterocycles. The van der Waals surface area contributed by atoms with Gasteiger partial charge in [0.2, 0.25) is 0 Å². The number of anilines is 1. The van der Waals surface area contributed by atoms with E-state index in [4.69, 9.17) is 0 Å². The van der Waals surface area contributed by atoms with Gasteiger partial charge in [-0.1, -0.05) is 12.1 Å². The van der Waals surface area contributed by atoms with Gasteiger partial charge in [-0.15, -0.1) is 0 Å². The standard InChI is InChI=1S/C17H21N3/c1-20(12-8-14-5-9-18-10-6-14)17-4-2-3-15-13-19-11-7-16(15)17/h2-6,9-10,19H,7-8,11-13H2,1H3. The van der Waals surface area contributed by atoms with Crippen LogP contribution in [0.3, 0.4) is 0 Å². The van der Waals surface area contributed by atoms with Crippen molar-refractivity contribution in [2.75, 3.05) is 25.0 Å². The number of fused-ring (bicyclic) bond motifs is 1. The molecule has 0 radical (unpaired) electrons. The minimum Gasteiger partial charge on any atom is -0.374 e. The van der Waals surface area contributed by atoms with Crippen molar-refractivity contribution in [3.8, 4) is 0 Å². The van der Waals surface area contributed by atoms with Crippen LogP contribution < -0.4 is 10.2 Å². The Kier molecular flexibility index (Phi) is 3.97. The van der Waals surface area contributed by atoms with Gasteiger partial charge in [0.25, 0.3) is 0 Å². The van der Waals surface area contributed by atoms with Crippen molar-refractivity contribution in [2.24, 2.45) is 0 Å². The van der Waals surface area contributed by atoms with Crippen molar-refractivity contribution >= 4 is 5.69 Å². The lowest BCUT2D eigenvalue weighted by molar-refractivity contribution is 0.642. The Hall–Kier alpha value is -1.87. The van der Waals surface area contributed by atoms with Gasteiger partial charge in [-0.3, -0.25) is 4.98 Å². The summed E-state index contributed by atoms with van der Waals surface area (Å²) >= 11 is 0. The quantitative estimate of drug-likeness (QED) is 0.922. The number of nitrogens with zero attached hydrogens (tertiary/aromatic N) is 2. The summed E-state index contributed by atoms with van der Waals surface area (Å²) in [4.78, 5) is 6.45. The molecular formula is C17H21N3. The molecule has 2 heterocycles. The molecule has 1 aliphatic rings. The first-order chi connectivity index (χ1) is 9.84. The highest BCUT2D eigenvalue weighted by molar-refractivity contribution is 5.57. The lowest BCUT2D eigenvalue weighted by Gasteiger charge is -2.27. The zero-order valence-electron chi connectivity index (χ0n) is 12.0. The van der Waals surface area contributed by atoms with E-state index < -0.39 is 0 Å². The number of hydrogen-bond acceptors (Lipinski definition) is 3. The smallest absolute Gasteiger partial charge is 0.0400 e. The van der Waals surface area contributed by atoms with Crippen LogP contribution in [0, 0.1) is 0 Å². The monoisotopic (exact) mass is 267 g/mol. The van der Waals surface area contributed by atoms with E-state index in [0.29, 0.717) is 0 Å². The fraction of sp³-hybridized carbons (Fsp3) is 0.353. The van der Waals surface area contributed by atoms with Gasteiger partial charge in [-0.05, 0) is 54.3 Å². The number of hydrogen-bond donors (Lipinski definition) is 1. The molecular weight excluding hydrogens is 246 g/mol. The third-order valence-corrected chi connectivity index (χ3v) is 4.01. The van der Waals surface area contributed by atoms with Crippen LogP contribution in [0.1, 0.15) is 16.7 Å². The van der Waals surface area contributed by atoms with Crippen molar-refractivity contribution < 1.29 is 0 Å². The highest BCUT2D eigenvalue weighted by Gasteiger charge is 2.14. The number of rotatable bonds is 4. The molecule has 1 aliphatic heterocycles. The van der Waals surface area contributed by atoms with E-state index in [1.54, 1.807) is 0 Å². The third-order valence-electron chi connectivity index (χ3n) is 4.01. The highest BCUT2D eigenvalue weighted by Crippen LogP contribution is 2.25. The van der Waals surface area contributed by atoms with Crippen LogP contribution >= 0.6 is 0 Å². The second-order valence-corrected chi connectivity index (χ2v) is 5.37. The molecule has 0 unspecified atom stereocenters. The van der Waals surface area contributed by atoms with Crippen molar-refractivity contribution in [3.63, 3.8) is 0 Å². The maximum absolute atomic E-state index is 4.07. The number of benzene rings is 1. The Balaban J connectivity index is 1.72. The summed E-state index contributed by atoms with van der Waals surface area (Å²) in [5, 5.41) is 3.44. The van der Waals surface area contributed by atoms with E-state index in [9.17, 15) is 0 Å². The predicted octanol–water partition coefficient (Wildman–Crippen LogP) is 2.41. The molecule has 0 amide bonds. The second kappa shape index (κ2) is 6.06. The van der Waals surface area contributed by atoms with Crippen LogP contribution in [0.4, 0.5) is 5.69 Å². The zero-order chi connectivity index (χ0) is 13.8. The first-order valence-electron chi connectivity index (χ1n) is 7.26. The summed E-state index contributed by atoms with van der Waals surface area (Å²) in [7, 11) is 2.19. The summed E-state index contributed by atoms with van der Waals surface area (Å²) < 4.78 is 0. The van der Waals surface area contributed by atoms with Gasteiger partial charge in [0.05, 0.1) is 0 Å². The van der Waals surface area contributed by atoms with Gasteiger partial charge in [0.1, 0.15) is 0 Å². The van der Waals surface area contributed by atoms with Crippen molar-refractivity contribution in [3.05, 3.63) is 59.4 Å². The fourth-order valence-electron chi connectivity index (χ4n) is 2.84. The van der Waals surface area contributed by atoms with Gasteiger partial charge in [-0.2, -0.15) is 0 Å². The Labute approximate surface area is 120 Å². The minimum absolute atomic E-state index is 1.00. The molecule has 1 aromatic carbocycles. The van der Waals surface area contributed by atoms with E-state index in [2.05, 4.69) is 52.6 Å². The van der Waals surface area contributed by atoms with E-state index in [1.807, 2.05) is 12.4 Å². The van der Waals surface area contributed by atoms with Crippen LogP contribution in [0.2, 0.25) is 0 Å². The largest absolute Gasteiger partial charge is 0.374 e. The van der Waals surface area contributed by atoms with E-state index in [1.165, 1.54) is 22.4 Å². The Morgan fingerprint density at radius 1 is 1.20 bits per heavy atom. The fourth-order valence-corrected chi connectivity index (χ4v) is 2.84. The Bertz CT molecular complexity index is 566. The number of nitrogens with one attached hydrogen (secondary N) is 1. The average Bonchev–Trinajstić information content (AvgIpc) is 2.53. The lowest BCUT2D eigenvalue weighted by Crippen LogP contribution is -2.28. The molecule has 0 spiro atoms. The first kappa shape index (κ1) is 13.1. The Morgan fingerprint density at radius 3 is 2.90 bits per heavy atom. The van der Waals surface area contributed by atoms with Crippen LogP contribution in [0.25, 0.3) is 0 Å². The molecule has 3 rings (SSSR count). The lowest BCUT2D eigenvalue weighted by atomic mass is 9.98. The molecule has 0 fully saturated rings. The van der Waals surface area contributed by atoms with Crippen molar-refractivity contribution in [1.82, 2.24) is 10.3 Å². The number of likely N-dealkylation sites (N-methyl/N-ethyl adjacent to an activating group) is 1. The Morgan fingerprint density at radius 2 is 2.05 bits per heavy atom. The molecule has 3 nitrogen and oxygen atoms in total. The predicted molar refractivity (Wildman–Crippen MR) is 83.1 cm³/mol. The third kappa shape index (κ3) is 2.83. The van der Waals surface area contributed by atoms with Gasteiger partial charge < -0.3 is 10.2 Å². The summed E-state index contributed by atoms with van der Waals surface area (Å²) in [6.45, 7) is 3.12. The van der Waals surface area contributed by atoms with E-state index in [-0.39, 0.29) is 0 Å². The summed E-state index contributed by atoms with van der Waals surface area (Å²) in [6.07, 6.45) is 5.92. The van der Waals surface area contributed by atoms with E-state index >= 15 is 0 Å². The summed E-state index contributed by atoms with van der Waals surface area (Å²) in [6, 6.07) is 10.8. The molecule has 0 aliphatic carbocycles. The van der Waals surface area contributed by atoms with Crippen LogP contribution in [-0.2, 0) is 19.4 Å². The molecule has 20 heavy (non-hydrogen) atoms. The molecule has 3 heteroatoms. The molecule has 104 valence electrons. The minimum atomic E-state index is 1.00. The summed E-state index contributed by atoms with van der Waals surface area (Å²) in [5.74, 6) is 0. The zero-order valence-corrected chi connectivity index (χ0v) is 12.0. The molecule has 1 aromatic heterocycles. The van der Waals surface area contributed by atoms with Crippen LogP contribution in [0.15, 0.2) is 42.7 Å². The average molecular weight is 267 g/mol. The molecule has 0 saturated carbocycles. The van der Waals surface area contributed by atoms with Gasteiger partial charge >= 0.3 is 0 Å². The molecule has 2 aromatic rings. The van der Waals surface area contributed by atoms with E-state index in [0.717, 1.165) is 32.5 Å². The topological polar surface area (TPSA) is 28.2 Å². The summed E-state index contributed by atoms with van der Waals surface area (Å²) in [5.41, 5.74) is 5.70. The number of aromatic nitrogens is 1. The van der Waals surface area contributed by atoms with Crippen LogP contribution in [0.5, 0.6) is 0 Å². The maximum Gasteiger partial charge on any atom is 0.0400 e. The molecule has 1 N–H and O–H groups in total. The first-order valence-corrected chi connectivity index (χ1v) is 7.26. The van der Waals surface area contributed by atoms with Gasteiger partial charge in [0.15, 0.2) is 0 Å². The highest BCUT2D eigenvalue weighted by atomic mass is 15.1. The van der Waals surface area contributed by atoms with Crippen molar-refractivity contribution in [1.29, 1.82) is 0 Å². The SMILES string of the molecule is CN(CCc1ccncc1)c1cccc2c1CCNC2. The van der Waals surface area contributed by atoms with Gasteiger partial charge in [-0.25, -0.2) is 0 Å². The normalized spacial score (nSPS) is 13.8. The van der Waals surface area contributed by atoms with Crippen LogP contribution in [-0.4, -0.2) is 25.1 Å². The molecule has 0 bridgehead atoms. The number of pyridine rings is 1. The van der Waals surface area contributed by atoms with Gasteiger partial charge in [0, 0.05) is 38.2 Å². The van der Waals surface area contributed by atoms with Crippen molar-refractivity contribution in [2.45, 2.75) is 19.4 Å². The molecule has 0 atom stereocenters.